The molecule has 0 spiro atoms. The molecule has 1 heterocycles. The summed E-state index contributed by atoms with van der Waals surface area (Å²) in [4.78, 5) is 29.8. The van der Waals surface area contributed by atoms with Gasteiger partial charge in [0, 0.05) is 24.3 Å². The Bertz CT molecular complexity index is 538. The molecule has 0 radical (unpaired) electrons. The molecule has 1 rings (SSSR count). The number of hydrogen-bond donors (Lipinski definition) is 2. The summed E-state index contributed by atoms with van der Waals surface area (Å²) in [6, 6.07) is 0. The molecule has 0 saturated carbocycles. The van der Waals surface area contributed by atoms with Gasteiger partial charge in [-0.2, -0.15) is 0 Å². The predicted molar refractivity (Wildman–Crippen MR) is 74.8 cm³/mol. The Morgan fingerprint density at radius 3 is 2.55 bits per heavy atom. The van der Waals surface area contributed by atoms with Gasteiger partial charge in [-0.25, -0.2) is 4.98 Å². The van der Waals surface area contributed by atoms with Crippen molar-refractivity contribution in [2.75, 3.05) is 6.61 Å². The fourth-order valence-electron chi connectivity index (χ4n) is 2.04. The van der Waals surface area contributed by atoms with Crippen LogP contribution in [0.5, 0.6) is 0 Å². The van der Waals surface area contributed by atoms with Crippen molar-refractivity contribution in [1.82, 2.24) is 9.97 Å². The Labute approximate surface area is 118 Å². The van der Waals surface area contributed by atoms with E-state index >= 15 is 0 Å². The summed E-state index contributed by atoms with van der Waals surface area (Å²) in [6.07, 6.45) is 0.778. The first-order chi connectivity index (χ1) is 9.34. The van der Waals surface area contributed by atoms with Gasteiger partial charge >= 0.3 is 5.97 Å². The minimum Gasteiger partial charge on any atom is -0.481 e. The standard InChI is InChI=1S/C14H22N2O4/c1-5-14(4,20-6-2)13-15-9(3)10(12(19)16-13)7-8-11(17)18/h5-8H2,1-4H3,(H,17,18)(H,15,16,19). The number of ether oxygens (including phenoxy) is 1. The number of aromatic nitrogens is 2. The number of aryl methyl sites for hydroxylation is 1. The van der Waals surface area contributed by atoms with Crippen molar-refractivity contribution >= 4 is 5.97 Å². The van der Waals surface area contributed by atoms with Crippen LogP contribution in [0.4, 0.5) is 0 Å². The molecule has 1 aromatic heterocycles. The fourth-order valence-corrected chi connectivity index (χ4v) is 2.04. The van der Waals surface area contributed by atoms with E-state index in [0.29, 0.717) is 30.1 Å². The fraction of sp³-hybridized carbons (Fsp3) is 0.643. The first-order valence-electron chi connectivity index (χ1n) is 6.80. The van der Waals surface area contributed by atoms with Crippen molar-refractivity contribution in [2.45, 2.75) is 52.6 Å². The van der Waals surface area contributed by atoms with Crippen LogP contribution >= 0.6 is 0 Å². The minimum atomic E-state index is -0.930. The summed E-state index contributed by atoms with van der Waals surface area (Å²) >= 11 is 0. The number of rotatable bonds is 7. The smallest absolute Gasteiger partial charge is 0.303 e. The van der Waals surface area contributed by atoms with E-state index in [4.69, 9.17) is 9.84 Å². The van der Waals surface area contributed by atoms with E-state index in [2.05, 4.69) is 9.97 Å². The quantitative estimate of drug-likeness (QED) is 0.795. The van der Waals surface area contributed by atoms with Gasteiger partial charge in [0.15, 0.2) is 0 Å². The zero-order valence-corrected chi connectivity index (χ0v) is 12.4. The molecule has 20 heavy (non-hydrogen) atoms. The Hall–Kier alpha value is -1.69. The summed E-state index contributed by atoms with van der Waals surface area (Å²) < 4.78 is 5.69. The lowest BCUT2D eigenvalue weighted by Gasteiger charge is -2.27. The Kier molecular flexibility index (Phi) is 5.44. The Morgan fingerprint density at radius 1 is 1.45 bits per heavy atom. The summed E-state index contributed by atoms with van der Waals surface area (Å²) in [5.74, 6) is -0.441. The molecule has 1 atom stereocenters. The summed E-state index contributed by atoms with van der Waals surface area (Å²) in [7, 11) is 0. The predicted octanol–water partition coefficient (Wildman–Crippen LogP) is 1.76. The van der Waals surface area contributed by atoms with Gasteiger partial charge < -0.3 is 14.8 Å². The molecular weight excluding hydrogens is 260 g/mol. The lowest BCUT2D eigenvalue weighted by Crippen LogP contribution is -2.32. The van der Waals surface area contributed by atoms with Gasteiger partial charge in [0.2, 0.25) is 0 Å². The van der Waals surface area contributed by atoms with Crippen LogP contribution in [0.3, 0.4) is 0 Å². The molecule has 1 unspecified atom stereocenters. The molecule has 0 fully saturated rings. The lowest BCUT2D eigenvalue weighted by atomic mass is 10.0. The molecule has 2 N–H and O–H groups in total. The second kappa shape index (κ2) is 6.65. The van der Waals surface area contributed by atoms with Gasteiger partial charge in [0.1, 0.15) is 11.4 Å². The third-order valence-corrected chi connectivity index (χ3v) is 3.45. The number of H-pyrrole nitrogens is 1. The molecule has 6 nitrogen and oxygen atoms in total. The SMILES string of the molecule is CCOC(C)(CC)c1nc(C)c(CCC(=O)O)c(=O)[nH]1. The molecule has 0 aliphatic heterocycles. The summed E-state index contributed by atoms with van der Waals surface area (Å²) in [6.45, 7) is 7.97. The highest BCUT2D eigenvalue weighted by Gasteiger charge is 2.28. The van der Waals surface area contributed by atoms with Gasteiger partial charge in [0.25, 0.3) is 5.56 Å². The lowest BCUT2D eigenvalue weighted by molar-refractivity contribution is -0.136. The molecule has 1 aromatic rings. The van der Waals surface area contributed by atoms with Crippen LogP contribution in [0.1, 0.15) is 50.7 Å². The van der Waals surface area contributed by atoms with E-state index in [9.17, 15) is 9.59 Å². The van der Waals surface area contributed by atoms with Crippen molar-refractivity contribution in [2.24, 2.45) is 0 Å². The number of carbonyl (C=O) groups is 1. The van der Waals surface area contributed by atoms with E-state index in [1.165, 1.54) is 0 Å². The largest absolute Gasteiger partial charge is 0.481 e. The number of carboxylic acids is 1. The third kappa shape index (κ3) is 3.66. The van der Waals surface area contributed by atoms with Crippen molar-refractivity contribution in [1.29, 1.82) is 0 Å². The monoisotopic (exact) mass is 282 g/mol. The van der Waals surface area contributed by atoms with Crippen molar-refractivity contribution in [3.05, 3.63) is 27.4 Å². The second-order valence-electron chi connectivity index (χ2n) is 4.89. The average molecular weight is 282 g/mol. The van der Waals surface area contributed by atoms with E-state index in [-0.39, 0.29) is 18.4 Å². The Balaban J connectivity index is 3.16. The summed E-state index contributed by atoms with van der Waals surface area (Å²) in [5, 5.41) is 8.70. The highest BCUT2D eigenvalue weighted by Crippen LogP contribution is 2.25. The third-order valence-electron chi connectivity index (χ3n) is 3.45. The highest BCUT2D eigenvalue weighted by molar-refractivity contribution is 5.67. The number of nitrogens with zero attached hydrogens (tertiary/aromatic N) is 1. The molecular formula is C14H22N2O4. The van der Waals surface area contributed by atoms with Crippen LogP contribution in [0.25, 0.3) is 0 Å². The van der Waals surface area contributed by atoms with Crippen LogP contribution in [0, 0.1) is 6.92 Å². The van der Waals surface area contributed by atoms with Gasteiger partial charge in [-0.3, -0.25) is 9.59 Å². The highest BCUT2D eigenvalue weighted by atomic mass is 16.5. The van der Waals surface area contributed by atoms with Gasteiger partial charge in [-0.1, -0.05) is 6.92 Å². The van der Waals surface area contributed by atoms with E-state index in [0.717, 1.165) is 0 Å². The number of hydrogen-bond acceptors (Lipinski definition) is 4. The first-order valence-corrected chi connectivity index (χ1v) is 6.80. The maximum atomic E-state index is 12.1. The van der Waals surface area contributed by atoms with E-state index < -0.39 is 11.6 Å². The molecule has 0 aliphatic carbocycles. The molecule has 6 heteroatoms. The molecule has 0 saturated heterocycles. The van der Waals surface area contributed by atoms with Crippen LogP contribution in [-0.4, -0.2) is 27.7 Å². The normalized spacial score (nSPS) is 14.0. The van der Waals surface area contributed by atoms with Crippen molar-refractivity contribution < 1.29 is 14.6 Å². The molecule has 112 valence electrons. The number of aliphatic carboxylic acids is 1. The van der Waals surface area contributed by atoms with Crippen LogP contribution in [0.2, 0.25) is 0 Å². The number of aromatic amines is 1. The maximum Gasteiger partial charge on any atom is 0.303 e. The van der Waals surface area contributed by atoms with E-state index in [1.807, 2.05) is 20.8 Å². The topological polar surface area (TPSA) is 92.3 Å². The zero-order valence-electron chi connectivity index (χ0n) is 12.4. The van der Waals surface area contributed by atoms with Gasteiger partial charge in [-0.15, -0.1) is 0 Å². The maximum absolute atomic E-state index is 12.1. The van der Waals surface area contributed by atoms with Crippen LogP contribution in [0.15, 0.2) is 4.79 Å². The average Bonchev–Trinajstić information content (AvgIpc) is 2.37. The summed E-state index contributed by atoms with van der Waals surface area (Å²) in [5.41, 5.74) is 0.0629. The zero-order chi connectivity index (χ0) is 15.3. The van der Waals surface area contributed by atoms with Crippen molar-refractivity contribution in [3.63, 3.8) is 0 Å². The molecule has 0 aromatic carbocycles. The number of nitrogens with one attached hydrogen (secondary N) is 1. The number of carboxylic acid groups (broad SMARTS) is 1. The Morgan fingerprint density at radius 2 is 2.10 bits per heavy atom. The van der Waals surface area contributed by atoms with Crippen molar-refractivity contribution in [3.8, 4) is 0 Å². The van der Waals surface area contributed by atoms with Gasteiger partial charge in [-0.05, 0) is 33.6 Å². The van der Waals surface area contributed by atoms with E-state index in [1.54, 1.807) is 6.92 Å². The first kappa shape index (κ1) is 16.4. The van der Waals surface area contributed by atoms with Gasteiger partial charge in [0.05, 0.1) is 0 Å². The minimum absolute atomic E-state index is 0.0819. The molecule has 0 aliphatic rings. The second-order valence-corrected chi connectivity index (χ2v) is 4.89. The van der Waals surface area contributed by atoms with Crippen LogP contribution < -0.4 is 5.56 Å². The molecule has 0 amide bonds. The van der Waals surface area contributed by atoms with Crippen LogP contribution in [-0.2, 0) is 21.6 Å². The molecule has 0 bridgehead atoms.